The Bertz CT molecular complexity index is 1170. The molecule has 0 N–H and O–H groups in total. The summed E-state index contributed by atoms with van der Waals surface area (Å²) in [5, 5.41) is 0. The fourth-order valence-electron chi connectivity index (χ4n) is 4.86. The molecule has 0 aromatic heterocycles. The van der Waals surface area contributed by atoms with Crippen LogP contribution < -0.4 is 0 Å². The van der Waals surface area contributed by atoms with E-state index in [0.29, 0.717) is 11.8 Å². The van der Waals surface area contributed by atoms with Gasteiger partial charge in [0.15, 0.2) is 0 Å². The second-order valence-electron chi connectivity index (χ2n) is 12.7. The minimum atomic E-state index is 0. The zero-order valence-corrected chi connectivity index (χ0v) is 29.4. The van der Waals surface area contributed by atoms with Gasteiger partial charge in [-0.05, 0) is 28.4 Å². The van der Waals surface area contributed by atoms with E-state index in [-0.39, 0.29) is 18.3 Å². The third-order valence-corrected chi connectivity index (χ3v) is 7.00. The van der Waals surface area contributed by atoms with Crippen molar-refractivity contribution in [3.05, 3.63) is 126 Å². The summed E-state index contributed by atoms with van der Waals surface area (Å²) in [6, 6.07) is 27.7. The molecule has 0 saturated heterocycles. The van der Waals surface area contributed by atoms with E-state index in [0.717, 1.165) is 6.42 Å². The Morgan fingerprint density at radius 3 is 1.88 bits per heavy atom. The van der Waals surface area contributed by atoms with Gasteiger partial charge in [0.1, 0.15) is 0 Å². The van der Waals surface area contributed by atoms with Gasteiger partial charge in [-0.2, -0.15) is 71.8 Å². The molecule has 2 aliphatic carbocycles. The predicted octanol–water partition coefficient (Wildman–Crippen LogP) is 10.5. The van der Waals surface area contributed by atoms with Gasteiger partial charge < -0.3 is 7.43 Å². The van der Waals surface area contributed by atoms with E-state index in [1.165, 1.54) is 68.8 Å². The molecule has 0 aliphatic heterocycles. The van der Waals surface area contributed by atoms with Crippen LogP contribution >= 0.6 is 0 Å². The van der Waals surface area contributed by atoms with Crippen LogP contribution in [0.2, 0.25) is 0 Å². The van der Waals surface area contributed by atoms with Gasteiger partial charge in [-0.1, -0.05) is 105 Å². The molecule has 0 fully saturated rings. The Labute approximate surface area is 262 Å². The molecule has 1 atom stereocenters. The van der Waals surface area contributed by atoms with Crippen LogP contribution in [0.25, 0.3) is 11.1 Å². The number of benzene rings is 3. The van der Waals surface area contributed by atoms with E-state index in [1.807, 2.05) is 30.3 Å². The topological polar surface area (TPSA) is 0 Å². The monoisotopic (exact) mass is 608 g/mol. The molecule has 3 aromatic rings. The van der Waals surface area contributed by atoms with Crippen LogP contribution in [0.3, 0.4) is 0 Å². The number of allylic oxidation sites excluding steroid dienone is 4. The molecule has 2 aliphatic rings. The van der Waals surface area contributed by atoms with Crippen molar-refractivity contribution in [1.82, 2.24) is 0 Å². The van der Waals surface area contributed by atoms with E-state index in [4.69, 9.17) is 0 Å². The minimum absolute atomic E-state index is 0. The third kappa shape index (κ3) is 10.1. The molecule has 3 aromatic carbocycles. The van der Waals surface area contributed by atoms with E-state index in [2.05, 4.69) is 128 Å². The van der Waals surface area contributed by atoms with E-state index in [9.17, 15) is 0 Å². The Morgan fingerprint density at radius 2 is 1.48 bits per heavy atom. The van der Waals surface area contributed by atoms with Crippen molar-refractivity contribution in [3.8, 4) is 11.1 Å². The summed E-state index contributed by atoms with van der Waals surface area (Å²) in [7, 11) is 0. The SMILES string of the molecule is CC(C)(C)c1[c-]c2c(cc1)-c1ccc(C(C)(C)C)cc1C2.CC1=[C-]C(C)C=C1C(C)C.[CH2]=[Zr].[CH3-].[c-]1ccccc1. The number of fused-ring (bicyclic) bond motifs is 3. The standard InChI is InChI=1S/C21H25.C10H15.C6H5.CH3.CH2.Zr/c1-20(2,3)16-7-9-18-14(12-16)11-15-13-17(21(4,5)6)8-10-19(15)18;1-7(2)10-6-8(3)5-9(10)4;1-2-4-6-5-3-1;;;/h7-10,12H,11H2,1-6H3;6-8H,1-4H3;1-5H;1H3;1H2;/q4*-1;;. The van der Waals surface area contributed by atoms with Crippen LogP contribution in [0.4, 0.5) is 0 Å². The molecule has 1 heteroatoms. The van der Waals surface area contributed by atoms with Gasteiger partial charge in [-0.25, -0.2) is 5.57 Å². The molecule has 0 bridgehead atoms. The van der Waals surface area contributed by atoms with Gasteiger partial charge >= 0.3 is 28.4 Å². The van der Waals surface area contributed by atoms with Crippen molar-refractivity contribution in [1.29, 1.82) is 0 Å². The molecule has 0 saturated carbocycles. The molecule has 0 spiro atoms. The molecule has 214 valence electrons. The summed E-state index contributed by atoms with van der Waals surface area (Å²) in [6.45, 7) is 22.4. The molecule has 0 amide bonds. The van der Waals surface area contributed by atoms with Crippen molar-refractivity contribution >= 4 is 4.21 Å². The van der Waals surface area contributed by atoms with Crippen LogP contribution in [0.15, 0.2) is 77.9 Å². The summed E-state index contributed by atoms with van der Waals surface area (Å²) < 4.78 is 3.34. The molecule has 0 radical (unpaired) electrons. The van der Waals surface area contributed by atoms with Crippen LogP contribution in [0.5, 0.6) is 0 Å². The van der Waals surface area contributed by atoms with Gasteiger partial charge in [-0.3, -0.25) is 6.08 Å². The fourth-order valence-corrected chi connectivity index (χ4v) is 4.86. The number of hydrogen-bond donors (Lipinski definition) is 0. The van der Waals surface area contributed by atoms with E-state index in [1.54, 1.807) is 0 Å². The van der Waals surface area contributed by atoms with Gasteiger partial charge in [0.2, 0.25) is 0 Å². The first-order chi connectivity index (χ1) is 18.3. The van der Waals surface area contributed by atoms with E-state index >= 15 is 0 Å². The second-order valence-corrected chi connectivity index (χ2v) is 12.7. The maximum Gasteiger partial charge on any atom is -0.171 e. The second kappa shape index (κ2) is 15.8. The normalized spacial score (nSPS) is 14.9. The van der Waals surface area contributed by atoms with Gasteiger partial charge in [0.25, 0.3) is 0 Å². The van der Waals surface area contributed by atoms with Crippen LogP contribution in [0, 0.1) is 37.5 Å². The molecule has 0 heterocycles. The van der Waals surface area contributed by atoms with Crippen LogP contribution in [-0.2, 0) is 41.5 Å². The fraction of sp³-hybridized carbons (Fsp3) is 0.385. The van der Waals surface area contributed by atoms with Gasteiger partial charge in [-0.15, -0.1) is 11.1 Å². The Kier molecular flexibility index (Phi) is 14.2. The first-order valence-corrected chi connectivity index (χ1v) is 15.8. The van der Waals surface area contributed by atoms with Crippen molar-refractivity contribution in [3.63, 3.8) is 0 Å². The quantitative estimate of drug-likeness (QED) is 0.188. The first kappa shape index (κ1) is 35.9. The van der Waals surface area contributed by atoms with Crippen molar-refractivity contribution in [2.24, 2.45) is 11.8 Å². The molecule has 0 nitrogen and oxygen atoms in total. The van der Waals surface area contributed by atoms with Crippen LogP contribution in [0.1, 0.15) is 91.5 Å². The minimum Gasteiger partial charge on any atom is -0.358 e. The maximum absolute atomic E-state index is 3.67. The molecular formula is C39H50Zr-4. The van der Waals surface area contributed by atoms with Crippen LogP contribution in [-0.4, -0.2) is 4.21 Å². The predicted molar refractivity (Wildman–Crippen MR) is 174 cm³/mol. The average molecular weight is 610 g/mol. The smallest absolute Gasteiger partial charge is 0.171 e. The molecular weight excluding hydrogens is 560 g/mol. The number of rotatable bonds is 1. The summed E-state index contributed by atoms with van der Waals surface area (Å²) in [5.74, 6) is 1.20. The van der Waals surface area contributed by atoms with Crippen molar-refractivity contribution in [2.75, 3.05) is 0 Å². The first-order valence-electron chi connectivity index (χ1n) is 14.1. The Morgan fingerprint density at radius 1 is 0.875 bits per heavy atom. The zero-order chi connectivity index (χ0) is 29.4. The van der Waals surface area contributed by atoms with Gasteiger partial charge in [0.05, 0.1) is 0 Å². The molecule has 5 rings (SSSR count). The van der Waals surface area contributed by atoms with Crippen molar-refractivity contribution < 1.29 is 24.2 Å². The molecule has 40 heavy (non-hydrogen) atoms. The van der Waals surface area contributed by atoms with Crippen molar-refractivity contribution in [2.45, 2.75) is 86.5 Å². The summed E-state index contributed by atoms with van der Waals surface area (Å²) in [4.78, 5) is 0. The maximum atomic E-state index is 3.67. The summed E-state index contributed by atoms with van der Waals surface area (Å²) >= 11 is 1.30. The third-order valence-electron chi connectivity index (χ3n) is 7.00. The summed E-state index contributed by atoms with van der Waals surface area (Å²) in [6.07, 6.45) is 6.70. The largest absolute Gasteiger partial charge is 0.358 e. The van der Waals surface area contributed by atoms with Gasteiger partial charge in [0, 0.05) is 0 Å². The number of hydrogen-bond acceptors (Lipinski definition) is 0. The Balaban J connectivity index is 0.000000349. The molecule has 1 unspecified atom stereocenters. The summed E-state index contributed by atoms with van der Waals surface area (Å²) in [5.41, 5.74) is 11.5. The van der Waals surface area contributed by atoms with E-state index < -0.39 is 0 Å². The zero-order valence-electron chi connectivity index (χ0n) is 26.9. The Hall–Kier alpha value is -2.11. The average Bonchev–Trinajstić information content (AvgIpc) is 3.43.